The SMILES string of the molecule is O=C(c1ccc2c(c1)CCCC2)N(Cc1ccco1)c1nc2ccc(F)cc2s1. The molecule has 1 aliphatic rings. The molecule has 0 spiro atoms. The first-order valence-corrected chi connectivity index (χ1v) is 10.5. The first-order valence-electron chi connectivity index (χ1n) is 9.69. The van der Waals surface area contributed by atoms with Crippen molar-refractivity contribution in [1.29, 1.82) is 0 Å². The smallest absolute Gasteiger partial charge is 0.260 e. The van der Waals surface area contributed by atoms with Crippen LogP contribution in [-0.4, -0.2) is 10.9 Å². The minimum absolute atomic E-state index is 0.130. The Morgan fingerprint density at radius 3 is 2.79 bits per heavy atom. The Kier molecular flexibility index (Phi) is 4.64. The van der Waals surface area contributed by atoms with Crippen molar-refractivity contribution in [2.24, 2.45) is 0 Å². The fourth-order valence-electron chi connectivity index (χ4n) is 3.81. The number of nitrogens with zero attached hydrogens (tertiary/aromatic N) is 2. The van der Waals surface area contributed by atoms with Crippen molar-refractivity contribution >= 4 is 32.6 Å². The summed E-state index contributed by atoms with van der Waals surface area (Å²) in [5.41, 5.74) is 3.91. The molecule has 2 heterocycles. The van der Waals surface area contributed by atoms with Gasteiger partial charge in [-0.2, -0.15) is 0 Å². The van der Waals surface area contributed by atoms with E-state index in [4.69, 9.17) is 4.42 Å². The van der Waals surface area contributed by atoms with Crippen molar-refractivity contribution < 1.29 is 13.6 Å². The van der Waals surface area contributed by atoms with Crippen LogP contribution >= 0.6 is 11.3 Å². The van der Waals surface area contributed by atoms with Gasteiger partial charge < -0.3 is 4.42 Å². The van der Waals surface area contributed by atoms with Gasteiger partial charge >= 0.3 is 0 Å². The van der Waals surface area contributed by atoms with Gasteiger partial charge in [0.05, 0.1) is 23.0 Å². The molecule has 1 amide bonds. The molecule has 0 fully saturated rings. The lowest BCUT2D eigenvalue weighted by molar-refractivity contribution is 0.0983. The molecule has 0 atom stereocenters. The number of anilines is 1. The molecule has 0 unspecified atom stereocenters. The summed E-state index contributed by atoms with van der Waals surface area (Å²) in [6.45, 7) is 0.269. The number of benzene rings is 2. The molecule has 0 saturated heterocycles. The molecule has 0 saturated carbocycles. The predicted molar refractivity (Wildman–Crippen MR) is 112 cm³/mol. The van der Waals surface area contributed by atoms with E-state index in [0.29, 0.717) is 26.7 Å². The van der Waals surface area contributed by atoms with Crippen LogP contribution in [0, 0.1) is 5.82 Å². The van der Waals surface area contributed by atoms with Crippen molar-refractivity contribution in [2.45, 2.75) is 32.2 Å². The van der Waals surface area contributed by atoms with E-state index >= 15 is 0 Å². The topological polar surface area (TPSA) is 46.3 Å². The van der Waals surface area contributed by atoms with Crippen LogP contribution in [0.15, 0.2) is 59.2 Å². The van der Waals surface area contributed by atoms with E-state index in [0.717, 1.165) is 19.3 Å². The van der Waals surface area contributed by atoms with Gasteiger partial charge in [0.15, 0.2) is 5.13 Å². The highest BCUT2D eigenvalue weighted by Crippen LogP contribution is 2.32. The average Bonchev–Trinajstić information content (AvgIpc) is 3.40. The van der Waals surface area contributed by atoms with Crippen molar-refractivity contribution in [1.82, 2.24) is 4.98 Å². The number of carbonyl (C=O) groups is 1. The highest BCUT2D eigenvalue weighted by atomic mass is 32.1. The van der Waals surface area contributed by atoms with Gasteiger partial charge in [0.1, 0.15) is 11.6 Å². The molecule has 6 heteroatoms. The minimum atomic E-state index is -0.314. The average molecular weight is 406 g/mol. The van der Waals surface area contributed by atoms with Crippen LogP contribution in [-0.2, 0) is 19.4 Å². The third-order valence-electron chi connectivity index (χ3n) is 5.30. The highest BCUT2D eigenvalue weighted by molar-refractivity contribution is 7.22. The van der Waals surface area contributed by atoms with E-state index in [1.807, 2.05) is 18.2 Å². The molecule has 0 aliphatic heterocycles. The maximum absolute atomic E-state index is 13.6. The van der Waals surface area contributed by atoms with E-state index in [2.05, 4.69) is 11.1 Å². The first-order chi connectivity index (χ1) is 14.2. The molecule has 0 radical (unpaired) electrons. The number of fused-ring (bicyclic) bond motifs is 2. The van der Waals surface area contributed by atoms with E-state index < -0.39 is 0 Å². The number of halogens is 1. The standard InChI is InChI=1S/C23H19FN2O2S/c24-18-9-10-20-21(13-18)29-23(25-20)26(14-19-6-3-11-28-19)22(27)17-8-7-15-4-1-2-5-16(15)12-17/h3,6-13H,1-2,4-5,14H2. The Labute approximate surface area is 171 Å². The molecule has 2 aromatic carbocycles. The Morgan fingerprint density at radius 1 is 1.10 bits per heavy atom. The van der Waals surface area contributed by atoms with Gasteiger partial charge in [0, 0.05) is 5.56 Å². The zero-order valence-electron chi connectivity index (χ0n) is 15.7. The van der Waals surface area contributed by atoms with Gasteiger partial charge in [0.25, 0.3) is 5.91 Å². The number of carbonyl (C=O) groups excluding carboxylic acids is 1. The molecule has 2 aromatic heterocycles. The Balaban J connectivity index is 1.55. The lowest BCUT2D eigenvalue weighted by Gasteiger charge is -2.21. The zero-order chi connectivity index (χ0) is 19.8. The maximum atomic E-state index is 13.6. The fourth-order valence-corrected chi connectivity index (χ4v) is 4.80. The van der Waals surface area contributed by atoms with Gasteiger partial charge in [-0.1, -0.05) is 17.4 Å². The number of hydrogen-bond donors (Lipinski definition) is 0. The van der Waals surface area contributed by atoms with Crippen LogP contribution in [0.1, 0.15) is 40.1 Å². The Bertz CT molecular complexity index is 1180. The summed E-state index contributed by atoms with van der Waals surface area (Å²) in [6.07, 6.45) is 6.03. The molecule has 146 valence electrons. The number of aryl methyl sites for hydroxylation is 2. The summed E-state index contributed by atoms with van der Waals surface area (Å²) >= 11 is 1.31. The summed E-state index contributed by atoms with van der Waals surface area (Å²) < 4.78 is 19.8. The largest absolute Gasteiger partial charge is 0.467 e. The molecule has 0 bridgehead atoms. The zero-order valence-corrected chi connectivity index (χ0v) is 16.5. The quantitative estimate of drug-likeness (QED) is 0.433. The predicted octanol–water partition coefficient (Wildman–Crippen LogP) is 5.75. The second kappa shape index (κ2) is 7.44. The van der Waals surface area contributed by atoms with Crippen LogP contribution in [0.3, 0.4) is 0 Å². The van der Waals surface area contributed by atoms with E-state index in [1.54, 1.807) is 23.3 Å². The molecule has 1 aliphatic carbocycles. The van der Waals surface area contributed by atoms with Gasteiger partial charge in [0.2, 0.25) is 0 Å². The lowest BCUT2D eigenvalue weighted by atomic mass is 9.90. The Morgan fingerprint density at radius 2 is 1.97 bits per heavy atom. The lowest BCUT2D eigenvalue weighted by Crippen LogP contribution is -2.30. The van der Waals surface area contributed by atoms with Gasteiger partial charge in [-0.05, 0) is 79.3 Å². The highest BCUT2D eigenvalue weighted by Gasteiger charge is 2.24. The molecule has 4 aromatic rings. The van der Waals surface area contributed by atoms with Crippen LogP contribution in [0.2, 0.25) is 0 Å². The summed E-state index contributed by atoms with van der Waals surface area (Å²) in [4.78, 5) is 19.7. The van der Waals surface area contributed by atoms with Crippen LogP contribution in [0.25, 0.3) is 10.2 Å². The molecule has 4 nitrogen and oxygen atoms in total. The summed E-state index contributed by atoms with van der Waals surface area (Å²) in [7, 11) is 0. The van der Waals surface area contributed by atoms with E-state index in [1.165, 1.54) is 41.0 Å². The molecular weight excluding hydrogens is 387 g/mol. The van der Waals surface area contributed by atoms with Crippen LogP contribution in [0.4, 0.5) is 9.52 Å². The second-order valence-electron chi connectivity index (χ2n) is 7.27. The summed E-state index contributed by atoms with van der Waals surface area (Å²) in [5.74, 6) is 0.224. The van der Waals surface area contributed by atoms with Crippen molar-refractivity contribution in [3.05, 3.63) is 83.1 Å². The van der Waals surface area contributed by atoms with Crippen molar-refractivity contribution in [3.8, 4) is 0 Å². The second-order valence-corrected chi connectivity index (χ2v) is 8.28. The van der Waals surface area contributed by atoms with Gasteiger partial charge in [-0.25, -0.2) is 9.37 Å². The van der Waals surface area contributed by atoms with E-state index in [-0.39, 0.29) is 18.3 Å². The number of furan rings is 1. The minimum Gasteiger partial charge on any atom is -0.467 e. The number of hydrogen-bond acceptors (Lipinski definition) is 4. The molecular formula is C23H19FN2O2S. The monoisotopic (exact) mass is 406 g/mol. The number of rotatable bonds is 4. The van der Waals surface area contributed by atoms with E-state index in [9.17, 15) is 9.18 Å². The third kappa shape index (κ3) is 3.56. The van der Waals surface area contributed by atoms with Gasteiger partial charge in [-0.15, -0.1) is 0 Å². The molecule has 0 N–H and O–H groups in total. The van der Waals surface area contributed by atoms with Crippen LogP contribution < -0.4 is 4.90 Å². The third-order valence-corrected chi connectivity index (χ3v) is 6.35. The number of amides is 1. The molecule has 29 heavy (non-hydrogen) atoms. The normalized spacial score (nSPS) is 13.4. The summed E-state index contributed by atoms with van der Waals surface area (Å²) in [5, 5.41) is 0.532. The van der Waals surface area contributed by atoms with Crippen molar-refractivity contribution in [2.75, 3.05) is 4.90 Å². The van der Waals surface area contributed by atoms with Crippen LogP contribution in [0.5, 0.6) is 0 Å². The summed E-state index contributed by atoms with van der Waals surface area (Å²) in [6, 6.07) is 14.1. The fraction of sp³-hybridized carbons (Fsp3) is 0.217. The number of aromatic nitrogens is 1. The van der Waals surface area contributed by atoms with Gasteiger partial charge in [-0.3, -0.25) is 9.69 Å². The first kappa shape index (κ1) is 18.1. The maximum Gasteiger partial charge on any atom is 0.260 e. The Hall–Kier alpha value is -2.99. The van der Waals surface area contributed by atoms with Crippen molar-refractivity contribution in [3.63, 3.8) is 0 Å². The number of thiazole rings is 1. The molecule has 5 rings (SSSR count).